The third kappa shape index (κ3) is 4.54. The summed E-state index contributed by atoms with van der Waals surface area (Å²) >= 11 is 2.54. The van der Waals surface area contributed by atoms with Gasteiger partial charge in [0.05, 0.1) is 12.9 Å². The molecule has 2 rings (SSSR count). The molecule has 1 aromatic heterocycles. The van der Waals surface area contributed by atoms with E-state index in [1.165, 1.54) is 30.0 Å². The van der Waals surface area contributed by atoms with Crippen molar-refractivity contribution in [3.8, 4) is 5.75 Å². The summed E-state index contributed by atoms with van der Waals surface area (Å²) in [6.07, 6.45) is 0. The number of ketones is 1. The van der Waals surface area contributed by atoms with Crippen LogP contribution in [0.25, 0.3) is 0 Å². The van der Waals surface area contributed by atoms with Gasteiger partial charge in [-0.1, -0.05) is 23.1 Å². The normalized spacial score (nSPS) is 10.2. The Morgan fingerprint density at radius 1 is 1.29 bits per heavy atom. The lowest BCUT2D eigenvalue weighted by atomic mass is 10.1. The molecular weight excluding hydrogens is 310 g/mol. The quantitative estimate of drug-likeness (QED) is 0.500. The van der Waals surface area contributed by atoms with Crippen LogP contribution in [0.1, 0.15) is 17.3 Å². The van der Waals surface area contributed by atoms with Crippen molar-refractivity contribution in [2.24, 2.45) is 0 Å². The van der Waals surface area contributed by atoms with Crippen molar-refractivity contribution < 1.29 is 14.3 Å². The molecule has 0 bridgehead atoms. The number of ether oxygens (including phenoxy) is 1. The van der Waals surface area contributed by atoms with E-state index in [4.69, 9.17) is 4.74 Å². The highest BCUT2D eigenvalue weighted by molar-refractivity contribution is 8.01. The minimum absolute atomic E-state index is 0.000991. The Bertz CT molecular complexity index is 640. The number of nitrogens with zero attached hydrogens (tertiary/aromatic N) is 2. The molecule has 0 aliphatic rings. The van der Waals surface area contributed by atoms with Crippen LogP contribution in [-0.4, -0.2) is 34.8 Å². The van der Waals surface area contributed by atoms with Crippen molar-refractivity contribution >= 4 is 39.9 Å². The van der Waals surface area contributed by atoms with Crippen LogP contribution >= 0.6 is 23.1 Å². The summed E-state index contributed by atoms with van der Waals surface area (Å²) in [7, 11) is 1.58. The minimum atomic E-state index is -0.197. The first-order chi connectivity index (χ1) is 10.1. The number of Topliss-reactive ketones (excluding diaryl/α,β-unsaturated/α-hetero) is 1. The van der Waals surface area contributed by atoms with Crippen LogP contribution in [0.15, 0.2) is 28.6 Å². The molecule has 1 amide bonds. The largest absolute Gasteiger partial charge is 0.497 e. The number of methoxy groups -OCH3 is 1. The highest BCUT2D eigenvalue weighted by Crippen LogP contribution is 2.26. The summed E-state index contributed by atoms with van der Waals surface area (Å²) in [4.78, 5) is 22.9. The highest BCUT2D eigenvalue weighted by atomic mass is 32.2. The van der Waals surface area contributed by atoms with Gasteiger partial charge in [0.2, 0.25) is 11.0 Å². The molecule has 6 nitrogen and oxygen atoms in total. The second-order valence-corrected chi connectivity index (χ2v) is 6.19. The van der Waals surface area contributed by atoms with E-state index in [0.717, 1.165) is 0 Å². The van der Waals surface area contributed by atoms with Crippen molar-refractivity contribution in [1.29, 1.82) is 0 Å². The molecule has 0 spiro atoms. The van der Waals surface area contributed by atoms with E-state index in [1.54, 1.807) is 31.4 Å². The Labute approximate surface area is 129 Å². The van der Waals surface area contributed by atoms with Crippen LogP contribution in [0.4, 0.5) is 5.13 Å². The third-order valence-corrected chi connectivity index (χ3v) is 4.40. The van der Waals surface area contributed by atoms with Crippen molar-refractivity contribution in [3.05, 3.63) is 29.8 Å². The van der Waals surface area contributed by atoms with Gasteiger partial charge in [-0.2, -0.15) is 0 Å². The molecule has 0 atom stereocenters. The Balaban J connectivity index is 1.91. The molecule has 0 unspecified atom stereocenters. The lowest BCUT2D eigenvalue weighted by molar-refractivity contribution is -0.114. The predicted octanol–water partition coefficient (Wildman–Crippen LogP) is 2.48. The lowest BCUT2D eigenvalue weighted by Crippen LogP contribution is -2.04. The van der Waals surface area contributed by atoms with Gasteiger partial charge in [0.25, 0.3) is 0 Å². The zero-order valence-corrected chi connectivity index (χ0v) is 13.1. The molecule has 0 saturated heterocycles. The van der Waals surface area contributed by atoms with Gasteiger partial charge in [-0.3, -0.25) is 9.59 Å². The van der Waals surface area contributed by atoms with E-state index in [0.29, 0.717) is 20.8 Å². The van der Waals surface area contributed by atoms with Gasteiger partial charge in [-0.25, -0.2) is 0 Å². The maximum Gasteiger partial charge on any atom is 0.223 e. The molecule has 1 N–H and O–H groups in total. The SMILES string of the molecule is COc1ccc(C(=O)CSc2nnc(NC(C)=O)s2)cc1. The van der Waals surface area contributed by atoms with E-state index < -0.39 is 0 Å². The number of thioether (sulfide) groups is 1. The van der Waals surface area contributed by atoms with Gasteiger partial charge in [0.15, 0.2) is 10.1 Å². The summed E-state index contributed by atoms with van der Waals surface area (Å²) in [5.41, 5.74) is 0.620. The molecule has 2 aromatic rings. The molecule has 110 valence electrons. The van der Waals surface area contributed by atoms with Crippen molar-refractivity contribution in [3.63, 3.8) is 0 Å². The van der Waals surface area contributed by atoms with E-state index in [2.05, 4.69) is 15.5 Å². The molecule has 8 heteroatoms. The number of rotatable bonds is 6. The second kappa shape index (κ2) is 7.19. The van der Waals surface area contributed by atoms with Crippen molar-refractivity contribution in [2.45, 2.75) is 11.3 Å². The Morgan fingerprint density at radius 3 is 2.62 bits per heavy atom. The van der Waals surface area contributed by atoms with Gasteiger partial charge in [-0.05, 0) is 24.3 Å². The van der Waals surface area contributed by atoms with Crippen LogP contribution in [0.3, 0.4) is 0 Å². The molecule has 0 fully saturated rings. The maximum atomic E-state index is 12.0. The summed E-state index contributed by atoms with van der Waals surface area (Å²) in [6.45, 7) is 1.40. The Kier molecular flexibility index (Phi) is 5.29. The first-order valence-electron chi connectivity index (χ1n) is 5.99. The number of amides is 1. The summed E-state index contributed by atoms with van der Waals surface area (Å²) in [5, 5.41) is 10.7. The molecule has 0 aliphatic heterocycles. The number of aromatic nitrogens is 2. The molecule has 1 aromatic carbocycles. The fraction of sp³-hybridized carbons (Fsp3) is 0.231. The zero-order valence-electron chi connectivity index (χ0n) is 11.5. The first kappa shape index (κ1) is 15.5. The van der Waals surface area contributed by atoms with Gasteiger partial charge in [0.1, 0.15) is 5.75 Å². The number of anilines is 1. The van der Waals surface area contributed by atoms with Gasteiger partial charge in [-0.15, -0.1) is 10.2 Å². The van der Waals surface area contributed by atoms with Gasteiger partial charge < -0.3 is 10.1 Å². The van der Waals surface area contributed by atoms with Crippen molar-refractivity contribution in [2.75, 3.05) is 18.2 Å². The van der Waals surface area contributed by atoms with E-state index in [9.17, 15) is 9.59 Å². The standard InChI is InChI=1S/C13H13N3O3S2/c1-8(17)14-12-15-16-13(21-12)20-7-11(18)9-3-5-10(19-2)6-4-9/h3-6H,7H2,1-2H3,(H,14,15,17). The molecule has 21 heavy (non-hydrogen) atoms. The maximum absolute atomic E-state index is 12.0. The molecule has 0 saturated carbocycles. The monoisotopic (exact) mass is 323 g/mol. The number of benzene rings is 1. The average molecular weight is 323 g/mol. The number of carbonyl (C=O) groups is 2. The minimum Gasteiger partial charge on any atom is -0.497 e. The number of hydrogen-bond donors (Lipinski definition) is 1. The highest BCUT2D eigenvalue weighted by Gasteiger charge is 2.10. The van der Waals surface area contributed by atoms with Crippen LogP contribution in [0, 0.1) is 0 Å². The van der Waals surface area contributed by atoms with Crippen LogP contribution in [0.5, 0.6) is 5.75 Å². The molecular formula is C13H13N3O3S2. The molecule has 1 heterocycles. The summed E-state index contributed by atoms with van der Waals surface area (Å²) in [5.74, 6) is 0.778. The smallest absolute Gasteiger partial charge is 0.223 e. The van der Waals surface area contributed by atoms with Gasteiger partial charge in [0, 0.05) is 12.5 Å². The zero-order chi connectivity index (χ0) is 15.2. The fourth-order valence-corrected chi connectivity index (χ4v) is 3.15. The van der Waals surface area contributed by atoms with Crippen LogP contribution < -0.4 is 10.1 Å². The summed E-state index contributed by atoms with van der Waals surface area (Å²) in [6, 6.07) is 6.95. The van der Waals surface area contributed by atoms with Crippen LogP contribution in [0.2, 0.25) is 0 Å². The summed E-state index contributed by atoms with van der Waals surface area (Å²) < 4.78 is 5.68. The number of carbonyl (C=O) groups excluding carboxylic acids is 2. The third-order valence-electron chi connectivity index (χ3n) is 2.43. The topological polar surface area (TPSA) is 81.2 Å². The van der Waals surface area contributed by atoms with Crippen LogP contribution in [-0.2, 0) is 4.79 Å². The van der Waals surface area contributed by atoms with E-state index in [-0.39, 0.29) is 17.4 Å². The fourth-order valence-electron chi connectivity index (χ4n) is 1.46. The van der Waals surface area contributed by atoms with Gasteiger partial charge >= 0.3 is 0 Å². The Morgan fingerprint density at radius 2 is 2.00 bits per heavy atom. The lowest BCUT2D eigenvalue weighted by Gasteiger charge is -2.01. The Hall–Kier alpha value is -1.93. The molecule has 0 aliphatic carbocycles. The van der Waals surface area contributed by atoms with Crippen molar-refractivity contribution in [1.82, 2.24) is 10.2 Å². The number of nitrogens with one attached hydrogen (secondary N) is 1. The molecule has 0 radical (unpaired) electrons. The number of hydrogen-bond acceptors (Lipinski definition) is 7. The second-order valence-electron chi connectivity index (χ2n) is 3.99. The predicted molar refractivity (Wildman–Crippen MR) is 82.3 cm³/mol. The average Bonchev–Trinajstić information content (AvgIpc) is 2.91. The first-order valence-corrected chi connectivity index (χ1v) is 7.80. The van der Waals surface area contributed by atoms with E-state index in [1.807, 2.05) is 0 Å². The van der Waals surface area contributed by atoms with E-state index >= 15 is 0 Å².